The van der Waals surface area contributed by atoms with Crippen LogP contribution in [0.2, 0.25) is 0 Å². The van der Waals surface area contributed by atoms with Gasteiger partial charge in [0.15, 0.2) is 0 Å². The maximum atomic E-state index is 6.35. The molecule has 3 nitrogen and oxygen atoms in total. The molecule has 1 aliphatic rings. The van der Waals surface area contributed by atoms with Crippen molar-refractivity contribution >= 4 is 0 Å². The van der Waals surface area contributed by atoms with Crippen LogP contribution in [0.3, 0.4) is 0 Å². The molecule has 1 saturated carbocycles. The summed E-state index contributed by atoms with van der Waals surface area (Å²) in [6.07, 6.45) is 10.9. The Labute approximate surface area is 111 Å². The first kappa shape index (κ1) is 13.6. The highest BCUT2D eigenvalue weighted by atomic mass is 15.3. The molecule has 2 atom stereocenters. The minimum absolute atomic E-state index is 0.297. The Balaban J connectivity index is 1.90. The average Bonchev–Trinajstić information content (AvgIpc) is 2.87. The molecule has 0 aromatic carbocycles. The molecule has 0 radical (unpaired) electrons. The Bertz CT molecular complexity index is 352. The molecule has 1 aromatic heterocycles. The van der Waals surface area contributed by atoms with Gasteiger partial charge in [-0.2, -0.15) is 5.10 Å². The summed E-state index contributed by atoms with van der Waals surface area (Å²) >= 11 is 0. The molecule has 2 rings (SSSR count). The number of hydrogen-bond acceptors (Lipinski definition) is 2. The lowest BCUT2D eigenvalue weighted by Gasteiger charge is -2.27. The average molecular weight is 249 g/mol. The van der Waals surface area contributed by atoms with E-state index in [-0.39, 0.29) is 0 Å². The second-order valence-corrected chi connectivity index (χ2v) is 5.81. The smallest absolute Gasteiger partial charge is 0.0640 e. The van der Waals surface area contributed by atoms with Crippen molar-refractivity contribution < 1.29 is 0 Å². The fourth-order valence-electron chi connectivity index (χ4n) is 2.89. The molecule has 1 aliphatic carbocycles. The highest BCUT2D eigenvalue weighted by Crippen LogP contribution is 2.26. The lowest BCUT2D eigenvalue weighted by Crippen LogP contribution is -2.33. The molecule has 0 amide bonds. The molecule has 2 N–H and O–H groups in total. The highest BCUT2D eigenvalue weighted by Gasteiger charge is 2.21. The molecule has 0 saturated heterocycles. The van der Waals surface area contributed by atoms with E-state index in [4.69, 9.17) is 5.73 Å². The largest absolute Gasteiger partial charge is 0.327 e. The van der Waals surface area contributed by atoms with E-state index in [1.807, 2.05) is 0 Å². The third kappa shape index (κ3) is 3.35. The zero-order chi connectivity index (χ0) is 13.0. The van der Waals surface area contributed by atoms with Crippen LogP contribution in [0, 0.1) is 5.92 Å². The summed E-state index contributed by atoms with van der Waals surface area (Å²) in [7, 11) is 0. The third-order valence-electron chi connectivity index (χ3n) is 4.41. The molecular weight excluding hydrogens is 222 g/mol. The first-order valence-corrected chi connectivity index (χ1v) is 7.50. The third-order valence-corrected chi connectivity index (χ3v) is 4.41. The van der Waals surface area contributed by atoms with Crippen LogP contribution in [0.4, 0.5) is 0 Å². The van der Waals surface area contributed by atoms with Gasteiger partial charge in [-0.25, -0.2) is 0 Å². The van der Waals surface area contributed by atoms with E-state index in [0.717, 1.165) is 18.5 Å². The van der Waals surface area contributed by atoms with Gasteiger partial charge in [0.25, 0.3) is 0 Å². The highest BCUT2D eigenvalue weighted by molar-refractivity contribution is 5.02. The summed E-state index contributed by atoms with van der Waals surface area (Å²) in [5.41, 5.74) is 7.51. The standard InChI is InChI=1S/C15H27N3/c1-3-12(2)18-10-9-14(17-18)11-15(16)13-7-5-4-6-8-13/h9-10,12-13,15H,3-8,11,16H2,1-2H3. The van der Waals surface area contributed by atoms with Crippen LogP contribution in [0.5, 0.6) is 0 Å². The van der Waals surface area contributed by atoms with E-state index >= 15 is 0 Å². The van der Waals surface area contributed by atoms with Gasteiger partial charge in [-0.1, -0.05) is 26.2 Å². The van der Waals surface area contributed by atoms with Crippen LogP contribution in [0.25, 0.3) is 0 Å². The van der Waals surface area contributed by atoms with Crippen molar-refractivity contribution in [3.8, 4) is 0 Å². The fraction of sp³-hybridized carbons (Fsp3) is 0.800. The summed E-state index contributed by atoms with van der Waals surface area (Å²) in [5, 5.41) is 4.65. The number of hydrogen-bond donors (Lipinski definition) is 1. The van der Waals surface area contributed by atoms with Gasteiger partial charge in [0.05, 0.1) is 5.69 Å². The quantitative estimate of drug-likeness (QED) is 0.870. The Morgan fingerprint density at radius 1 is 1.39 bits per heavy atom. The Morgan fingerprint density at radius 2 is 2.11 bits per heavy atom. The molecule has 0 bridgehead atoms. The Morgan fingerprint density at radius 3 is 2.78 bits per heavy atom. The second-order valence-electron chi connectivity index (χ2n) is 5.81. The van der Waals surface area contributed by atoms with E-state index in [0.29, 0.717) is 18.0 Å². The van der Waals surface area contributed by atoms with Gasteiger partial charge in [0.1, 0.15) is 0 Å². The normalized spacial score (nSPS) is 20.8. The van der Waals surface area contributed by atoms with Gasteiger partial charge in [0.2, 0.25) is 0 Å². The summed E-state index contributed by atoms with van der Waals surface area (Å²) in [4.78, 5) is 0. The monoisotopic (exact) mass is 249 g/mol. The van der Waals surface area contributed by atoms with Gasteiger partial charge in [-0.05, 0) is 38.2 Å². The van der Waals surface area contributed by atoms with Crippen LogP contribution in [0.15, 0.2) is 12.3 Å². The predicted octanol–water partition coefficient (Wildman–Crippen LogP) is 3.30. The Hall–Kier alpha value is -0.830. The molecule has 2 unspecified atom stereocenters. The summed E-state index contributed by atoms with van der Waals surface area (Å²) in [6, 6.07) is 2.92. The van der Waals surface area contributed by atoms with Crippen LogP contribution >= 0.6 is 0 Å². The van der Waals surface area contributed by atoms with Crippen molar-refractivity contribution in [2.24, 2.45) is 11.7 Å². The van der Waals surface area contributed by atoms with E-state index in [9.17, 15) is 0 Å². The number of nitrogens with two attached hydrogens (primary N) is 1. The van der Waals surface area contributed by atoms with Gasteiger partial charge in [0, 0.05) is 24.7 Å². The lowest BCUT2D eigenvalue weighted by atomic mass is 9.83. The van der Waals surface area contributed by atoms with Crippen molar-refractivity contribution in [3.63, 3.8) is 0 Å². The molecule has 18 heavy (non-hydrogen) atoms. The summed E-state index contributed by atoms with van der Waals surface area (Å²) in [5.74, 6) is 0.715. The molecule has 3 heteroatoms. The van der Waals surface area contributed by atoms with Crippen LogP contribution in [-0.2, 0) is 6.42 Å². The Kier molecular flexibility index (Phi) is 4.81. The maximum Gasteiger partial charge on any atom is 0.0640 e. The lowest BCUT2D eigenvalue weighted by molar-refractivity contribution is 0.301. The van der Waals surface area contributed by atoms with Crippen molar-refractivity contribution in [2.45, 2.75) is 70.9 Å². The zero-order valence-corrected chi connectivity index (χ0v) is 11.8. The van der Waals surface area contributed by atoms with E-state index in [1.165, 1.54) is 32.1 Å². The van der Waals surface area contributed by atoms with Gasteiger partial charge in [-0.15, -0.1) is 0 Å². The molecule has 1 aromatic rings. The fourth-order valence-corrected chi connectivity index (χ4v) is 2.89. The summed E-state index contributed by atoms with van der Waals surface area (Å²) < 4.78 is 2.07. The van der Waals surface area contributed by atoms with Crippen molar-refractivity contribution in [2.75, 3.05) is 0 Å². The van der Waals surface area contributed by atoms with E-state index < -0.39 is 0 Å². The van der Waals surface area contributed by atoms with E-state index in [2.05, 4.69) is 35.9 Å². The van der Waals surface area contributed by atoms with Crippen molar-refractivity contribution in [1.29, 1.82) is 0 Å². The number of nitrogens with zero attached hydrogens (tertiary/aromatic N) is 2. The van der Waals surface area contributed by atoms with Gasteiger partial charge in [-0.3, -0.25) is 4.68 Å². The first-order valence-electron chi connectivity index (χ1n) is 7.50. The maximum absolute atomic E-state index is 6.35. The number of rotatable bonds is 5. The molecule has 0 aliphatic heterocycles. The molecule has 0 spiro atoms. The van der Waals surface area contributed by atoms with Crippen LogP contribution < -0.4 is 5.73 Å². The van der Waals surface area contributed by atoms with Crippen LogP contribution in [0.1, 0.15) is 64.1 Å². The molecule has 102 valence electrons. The minimum atomic E-state index is 0.297. The topological polar surface area (TPSA) is 43.8 Å². The van der Waals surface area contributed by atoms with Gasteiger partial charge >= 0.3 is 0 Å². The molecular formula is C15H27N3. The molecule has 1 fully saturated rings. The number of aromatic nitrogens is 2. The van der Waals surface area contributed by atoms with Gasteiger partial charge < -0.3 is 5.73 Å². The minimum Gasteiger partial charge on any atom is -0.327 e. The molecule has 1 heterocycles. The van der Waals surface area contributed by atoms with E-state index in [1.54, 1.807) is 0 Å². The predicted molar refractivity (Wildman–Crippen MR) is 75.5 cm³/mol. The zero-order valence-electron chi connectivity index (χ0n) is 11.8. The summed E-state index contributed by atoms with van der Waals surface area (Å²) in [6.45, 7) is 4.40. The van der Waals surface area contributed by atoms with Crippen molar-refractivity contribution in [3.05, 3.63) is 18.0 Å². The SMILES string of the molecule is CCC(C)n1ccc(CC(N)C2CCCCC2)n1. The second kappa shape index (κ2) is 6.37. The van der Waals surface area contributed by atoms with Crippen molar-refractivity contribution in [1.82, 2.24) is 9.78 Å². The van der Waals surface area contributed by atoms with Crippen LogP contribution in [-0.4, -0.2) is 15.8 Å². The first-order chi connectivity index (χ1) is 8.70.